The summed E-state index contributed by atoms with van der Waals surface area (Å²) in [5.41, 5.74) is -0.565. The highest BCUT2D eigenvalue weighted by atomic mass is 28.4. The quantitative estimate of drug-likeness (QED) is 0.100. The lowest BCUT2D eigenvalue weighted by Gasteiger charge is -2.46. The molecule has 1 aliphatic carbocycles. The number of benzene rings is 3. The van der Waals surface area contributed by atoms with E-state index in [0.29, 0.717) is 19.4 Å². The molecule has 3 aromatic carbocycles. The maximum atomic E-state index is 13.6. The molecular formula is C38H46O6Si. The Kier molecular flexibility index (Phi) is 11.4. The van der Waals surface area contributed by atoms with Gasteiger partial charge in [-0.2, -0.15) is 0 Å². The van der Waals surface area contributed by atoms with E-state index in [2.05, 4.69) is 75.9 Å². The number of carbonyl (C=O) groups is 2. The van der Waals surface area contributed by atoms with Crippen LogP contribution in [-0.2, 0) is 34.8 Å². The molecule has 0 bridgehead atoms. The fourth-order valence-electron chi connectivity index (χ4n) is 6.65. The maximum Gasteiger partial charge on any atom is 0.324 e. The van der Waals surface area contributed by atoms with Gasteiger partial charge in [-0.25, -0.2) is 0 Å². The van der Waals surface area contributed by atoms with Crippen LogP contribution in [0.15, 0.2) is 116 Å². The summed E-state index contributed by atoms with van der Waals surface area (Å²) in [6.45, 7) is 11.0. The Morgan fingerprint density at radius 2 is 1.31 bits per heavy atom. The van der Waals surface area contributed by atoms with Crippen LogP contribution < -0.4 is 10.4 Å². The van der Waals surface area contributed by atoms with Crippen LogP contribution in [0.3, 0.4) is 0 Å². The summed E-state index contributed by atoms with van der Waals surface area (Å²) in [6, 6.07) is 30.9. The van der Waals surface area contributed by atoms with Gasteiger partial charge >= 0.3 is 11.9 Å². The Hall–Kier alpha value is -3.78. The Morgan fingerprint density at radius 3 is 1.78 bits per heavy atom. The monoisotopic (exact) mass is 626 g/mol. The highest BCUT2D eigenvalue weighted by molar-refractivity contribution is 6.99. The SMILES string of the molecule is C=CCC(C(=O)OC)(C(=O)OC)[C@@H]1C=C[C@H](OCc2ccccc2)C[C@H](O[Si](c2ccccc2)(c2ccccc2)C(C)(C)C)C1. The molecule has 0 saturated heterocycles. The summed E-state index contributed by atoms with van der Waals surface area (Å²) in [4.78, 5) is 27.1. The van der Waals surface area contributed by atoms with Crippen molar-refractivity contribution in [2.75, 3.05) is 14.2 Å². The molecule has 0 aromatic heterocycles. The van der Waals surface area contributed by atoms with Gasteiger partial charge in [0.05, 0.1) is 26.9 Å². The summed E-state index contributed by atoms with van der Waals surface area (Å²) < 4.78 is 24.6. The third kappa shape index (κ3) is 7.22. The van der Waals surface area contributed by atoms with E-state index in [1.54, 1.807) is 6.08 Å². The van der Waals surface area contributed by atoms with Crippen molar-refractivity contribution in [3.8, 4) is 0 Å². The van der Waals surface area contributed by atoms with E-state index in [-0.39, 0.29) is 23.7 Å². The first kappa shape index (κ1) is 34.1. The molecule has 3 atom stereocenters. The fourth-order valence-corrected chi connectivity index (χ4v) is 11.4. The summed E-state index contributed by atoms with van der Waals surface area (Å²) >= 11 is 0. The van der Waals surface area contributed by atoms with E-state index in [9.17, 15) is 9.59 Å². The zero-order chi connectivity index (χ0) is 32.5. The second-order valence-electron chi connectivity index (χ2n) is 12.6. The Balaban J connectivity index is 1.86. The minimum Gasteiger partial charge on any atom is -0.468 e. The van der Waals surface area contributed by atoms with Crippen LogP contribution in [-0.4, -0.2) is 46.7 Å². The van der Waals surface area contributed by atoms with Crippen LogP contribution in [0.1, 0.15) is 45.6 Å². The van der Waals surface area contributed by atoms with Crippen LogP contribution in [0, 0.1) is 11.3 Å². The second-order valence-corrected chi connectivity index (χ2v) is 16.9. The molecule has 6 nitrogen and oxygen atoms in total. The number of ether oxygens (including phenoxy) is 3. The molecule has 0 saturated carbocycles. The van der Waals surface area contributed by atoms with Crippen molar-refractivity contribution in [1.29, 1.82) is 0 Å². The lowest BCUT2D eigenvalue weighted by Crippen LogP contribution is -2.68. The van der Waals surface area contributed by atoms with Crippen molar-refractivity contribution in [3.05, 3.63) is 121 Å². The molecule has 0 spiro atoms. The van der Waals surface area contributed by atoms with Gasteiger partial charge in [0.1, 0.15) is 0 Å². The first-order chi connectivity index (χ1) is 21.6. The zero-order valence-corrected chi connectivity index (χ0v) is 28.1. The minimum atomic E-state index is -2.99. The molecular weight excluding hydrogens is 580 g/mol. The number of methoxy groups -OCH3 is 2. The second kappa shape index (κ2) is 15.0. The summed E-state index contributed by atoms with van der Waals surface area (Å²) in [5, 5.41) is 2.03. The molecule has 1 aliphatic rings. The maximum absolute atomic E-state index is 13.6. The average Bonchev–Trinajstić information content (AvgIpc) is 3.27. The molecule has 0 unspecified atom stereocenters. The number of hydrogen-bond acceptors (Lipinski definition) is 6. The lowest BCUT2D eigenvalue weighted by molar-refractivity contribution is -0.173. The number of hydrogen-bond donors (Lipinski definition) is 0. The van der Waals surface area contributed by atoms with E-state index < -0.39 is 31.6 Å². The van der Waals surface area contributed by atoms with Gasteiger partial charge in [0.2, 0.25) is 0 Å². The number of rotatable bonds is 12. The first-order valence-corrected chi connectivity index (χ1v) is 17.4. The van der Waals surface area contributed by atoms with Crippen molar-refractivity contribution in [2.45, 2.75) is 63.9 Å². The number of allylic oxidation sites excluding steroid dienone is 2. The van der Waals surface area contributed by atoms with Crippen LogP contribution in [0.2, 0.25) is 5.04 Å². The molecule has 0 fully saturated rings. The van der Waals surface area contributed by atoms with E-state index >= 15 is 0 Å². The van der Waals surface area contributed by atoms with Crippen LogP contribution in [0.25, 0.3) is 0 Å². The first-order valence-electron chi connectivity index (χ1n) is 15.5. The molecule has 0 aliphatic heterocycles. The Morgan fingerprint density at radius 1 is 0.800 bits per heavy atom. The van der Waals surface area contributed by atoms with Crippen molar-refractivity contribution in [2.24, 2.45) is 11.3 Å². The molecule has 3 aromatic rings. The molecule has 0 amide bonds. The van der Waals surface area contributed by atoms with Crippen LogP contribution >= 0.6 is 0 Å². The van der Waals surface area contributed by atoms with Gasteiger partial charge in [0.15, 0.2) is 5.41 Å². The molecule has 0 heterocycles. The van der Waals surface area contributed by atoms with E-state index in [1.807, 2.05) is 54.6 Å². The van der Waals surface area contributed by atoms with Gasteiger partial charge in [0.25, 0.3) is 8.32 Å². The van der Waals surface area contributed by atoms with Gasteiger partial charge in [-0.1, -0.05) is 130 Å². The summed E-state index contributed by atoms with van der Waals surface area (Å²) in [7, 11) is -0.395. The van der Waals surface area contributed by atoms with Crippen molar-refractivity contribution >= 4 is 30.6 Å². The van der Waals surface area contributed by atoms with Gasteiger partial charge in [-0.05, 0) is 33.8 Å². The van der Waals surface area contributed by atoms with Crippen molar-refractivity contribution in [1.82, 2.24) is 0 Å². The van der Waals surface area contributed by atoms with Gasteiger partial charge in [-0.3, -0.25) is 9.59 Å². The number of esters is 2. The average molecular weight is 627 g/mol. The molecule has 45 heavy (non-hydrogen) atoms. The van der Waals surface area contributed by atoms with Crippen molar-refractivity contribution < 1.29 is 28.2 Å². The van der Waals surface area contributed by atoms with Crippen LogP contribution in [0.5, 0.6) is 0 Å². The largest absolute Gasteiger partial charge is 0.468 e. The van der Waals surface area contributed by atoms with Gasteiger partial charge in [0, 0.05) is 18.4 Å². The standard InChI is InChI=1S/C38H46O6Si/c1-7-25-38(35(39)41-5,36(40)42-6)30-23-24-31(43-28-29-17-11-8-12-18-29)27-32(26-30)44-45(37(2,3)4,33-19-13-9-14-20-33)34-21-15-10-16-22-34/h7-24,30-32H,1,25-28H2,2-6H3/t30-,31+,32-/m1/s1. The van der Waals surface area contributed by atoms with Crippen molar-refractivity contribution in [3.63, 3.8) is 0 Å². The molecule has 0 N–H and O–H groups in total. The summed E-state index contributed by atoms with van der Waals surface area (Å²) in [6.07, 6.45) is 5.73. The predicted octanol–water partition coefficient (Wildman–Crippen LogP) is 6.39. The van der Waals surface area contributed by atoms with E-state index in [0.717, 1.165) is 15.9 Å². The van der Waals surface area contributed by atoms with Gasteiger partial charge < -0.3 is 18.6 Å². The topological polar surface area (TPSA) is 71.1 Å². The Bertz CT molecular complexity index is 1380. The van der Waals surface area contributed by atoms with E-state index in [1.165, 1.54) is 14.2 Å². The highest BCUT2D eigenvalue weighted by Gasteiger charge is 2.56. The molecule has 238 valence electrons. The Labute approximate surface area is 269 Å². The summed E-state index contributed by atoms with van der Waals surface area (Å²) in [5.74, 6) is -1.91. The molecule has 4 rings (SSSR count). The minimum absolute atomic E-state index is 0.0584. The highest BCUT2D eigenvalue weighted by Crippen LogP contribution is 2.44. The number of carbonyl (C=O) groups excluding carboxylic acids is 2. The third-order valence-corrected chi connectivity index (χ3v) is 13.9. The fraction of sp³-hybridized carbons (Fsp3) is 0.368. The van der Waals surface area contributed by atoms with Crippen LogP contribution in [0.4, 0.5) is 0 Å². The normalized spacial score (nSPS) is 18.9. The van der Waals surface area contributed by atoms with E-state index in [4.69, 9.17) is 18.6 Å². The molecule has 7 heteroatoms. The lowest BCUT2D eigenvalue weighted by atomic mass is 9.70. The molecule has 0 radical (unpaired) electrons. The zero-order valence-electron chi connectivity index (χ0n) is 27.1. The van der Waals surface area contributed by atoms with Gasteiger partial charge in [-0.15, -0.1) is 6.58 Å². The predicted molar refractivity (Wildman–Crippen MR) is 181 cm³/mol. The smallest absolute Gasteiger partial charge is 0.324 e. The third-order valence-electron chi connectivity index (χ3n) is 8.84.